The largest absolute Gasteiger partial charge is 0.502 e. The minimum Gasteiger partial charge on any atom is -0.502 e. The number of methoxy groups -OCH3 is 3. The third-order valence-corrected chi connectivity index (χ3v) is 5.73. The number of hydrogen-bond donors (Lipinski definition) is 1. The highest BCUT2D eigenvalue weighted by Crippen LogP contribution is 2.43. The van der Waals surface area contributed by atoms with Gasteiger partial charge in [0, 0.05) is 10.0 Å². The Morgan fingerprint density at radius 3 is 2.30 bits per heavy atom. The van der Waals surface area contributed by atoms with Gasteiger partial charge in [0.2, 0.25) is 16.9 Å². The number of rotatable bonds is 7. The molecule has 0 aliphatic carbocycles. The standard InChI is InChI=1S/C25H21BrO7/c1-29-18-11-15(9-10-17(18)32-13-14-7-5-4-6-8-14)23-22(28)21(27)20-16(26)12-19(30-2)24(31-3)25(20)33-23/h4-12,28H,13H2,1-3H3. The van der Waals surface area contributed by atoms with Gasteiger partial charge in [0.05, 0.1) is 26.7 Å². The van der Waals surface area contributed by atoms with Crippen molar-refractivity contribution in [3.05, 3.63) is 74.9 Å². The van der Waals surface area contributed by atoms with Crippen LogP contribution in [0.1, 0.15) is 5.56 Å². The second-order valence-electron chi connectivity index (χ2n) is 7.05. The van der Waals surface area contributed by atoms with E-state index >= 15 is 0 Å². The van der Waals surface area contributed by atoms with Crippen LogP contribution in [0.4, 0.5) is 0 Å². The summed E-state index contributed by atoms with van der Waals surface area (Å²) in [4.78, 5) is 13.0. The molecule has 33 heavy (non-hydrogen) atoms. The van der Waals surface area contributed by atoms with Gasteiger partial charge in [-0.2, -0.15) is 0 Å². The number of ether oxygens (including phenoxy) is 4. The zero-order valence-corrected chi connectivity index (χ0v) is 19.8. The summed E-state index contributed by atoms with van der Waals surface area (Å²) in [7, 11) is 4.43. The fraction of sp³-hybridized carbons (Fsp3) is 0.160. The molecule has 0 atom stereocenters. The van der Waals surface area contributed by atoms with Crippen molar-refractivity contribution in [1.29, 1.82) is 0 Å². The van der Waals surface area contributed by atoms with Crippen LogP contribution < -0.4 is 24.4 Å². The molecule has 0 spiro atoms. The summed E-state index contributed by atoms with van der Waals surface area (Å²) < 4.78 is 28.5. The van der Waals surface area contributed by atoms with Crippen molar-refractivity contribution in [2.24, 2.45) is 0 Å². The summed E-state index contributed by atoms with van der Waals surface area (Å²) in [5.41, 5.74) is 0.970. The fourth-order valence-electron chi connectivity index (χ4n) is 3.47. The normalized spacial score (nSPS) is 10.8. The van der Waals surface area contributed by atoms with Gasteiger partial charge in [-0.15, -0.1) is 0 Å². The molecule has 1 heterocycles. The van der Waals surface area contributed by atoms with E-state index in [1.165, 1.54) is 21.3 Å². The molecular formula is C25H21BrO7. The molecule has 0 aliphatic heterocycles. The van der Waals surface area contributed by atoms with Gasteiger partial charge in [-0.05, 0) is 45.8 Å². The Balaban J connectivity index is 1.81. The van der Waals surface area contributed by atoms with Gasteiger partial charge >= 0.3 is 0 Å². The second-order valence-corrected chi connectivity index (χ2v) is 7.90. The molecule has 170 valence electrons. The summed E-state index contributed by atoms with van der Waals surface area (Å²) in [6.07, 6.45) is 0. The lowest BCUT2D eigenvalue weighted by molar-refractivity contribution is 0.284. The quantitative estimate of drug-likeness (QED) is 0.348. The van der Waals surface area contributed by atoms with Crippen molar-refractivity contribution in [2.45, 2.75) is 6.61 Å². The monoisotopic (exact) mass is 512 g/mol. The molecule has 3 aromatic carbocycles. The predicted molar refractivity (Wildman–Crippen MR) is 128 cm³/mol. The lowest BCUT2D eigenvalue weighted by Gasteiger charge is -2.15. The van der Waals surface area contributed by atoms with Gasteiger partial charge in [-0.3, -0.25) is 4.79 Å². The number of benzene rings is 3. The smallest absolute Gasteiger partial charge is 0.236 e. The van der Waals surface area contributed by atoms with Crippen LogP contribution in [0.5, 0.6) is 28.7 Å². The topological polar surface area (TPSA) is 87.4 Å². The first-order chi connectivity index (χ1) is 16.0. The fourth-order valence-corrected chi connectivity index (χ4v) is 4.04. The molecule has 0 unspecified atom stereocenters. The number of halogens is 1. The average Bonchev–Trinajstić information content (AvgIpc) is 2.84. The molecule has 0 fully saturated rings. The number of aromatic hydroxyl groups is 1. The molecule has 0 bridgehead atoms. The molecule has 4 aromatic rings. The lowest BCUT2D eigenvalue weighted by Crippen LogP contribution is -2.05. The van der Waals surface area contributed by atoms with Crippen LogP contribution in [-0.2, 0) is 6.61 Å². The summed E-state index contributed by atoms with van der Waals surface area (Å²) in [5.74, 6) is 0.983. The number of hydrogen-bond acceptors (Lipinski definition) is 7. The Morgan fingerprint density at radius 2 is 1.64 bits per heavy atom. The maximum atomic E-state index is 13.0. The minimum absolute atomic E-state index is 0.0288. The Labute approximate surface area is 198 Å². The Morgan fingerprint density at radius 1 is 0.909 bits per heavy atom. The van der Waals surface area contributed by atoms with Crippen LogP contribution in [0.2, 0.25) is 0 Å². The highest BCUT2D eigenvalue weighted by Gasteiger charge is 2.23. The molecule has 8 heteroatoms. The van der Waals surface area contributed by atoms with Crippen molar-refractivity contribution < 1.29 is 28.5 Å². The van der Waals surface area contributed by atoms with Crippen molar-refractivity contribution >= 4 is 26.9 Å². The zero-order chi connectivity index (χ0) is 23.5. The van der Waals surface area contributed by atoms with Crippen LogP contribution in [0, 0.1) is 0 Å². The molecule has 0 radical (unpaired) electrons. The van der Waals surface area contributed by atoms with Crippen molar-refractivity contribution in [1.82, 2.24) is 0 Å². The van der Waals surface area contributed by atoms with E-state index < -0.39 is 11.2 Å². The van der Waals surface area contributed by atoms with Crippen LogP contribution in [0.3, 0.4) is 0 Å². The highest BCUT2D eigenvalue weighted by atomic mass is 79.9. The van der Waals surface area contributed by atoms with Crippen molar-refractivity contribution in [2.75, 3.05) is 21.3 Å². The molecular weight excluding hydrogens is 492 g/mol. The maximum Gasteiger partial charge on any atom is 0.236 e. The molecule has 0 amide bonds. The van der Waals surface area contributed by atoms with Crippen LogP contribution in [0.15, 0.2) is 68.3 Å². The lowest BCUT2D eigenvalue weighted by atomic mass is 10.1. The van der Waals surface area contributed by atoms with E-state index in [0.29, 0.717) is 33.9 Å². The van der Waals surface area contributed by atoms with Gasteiger partial charge < -0.3 is 28.5 Å². The summed E-state index contributed by atoms with van der Waals surface area (Å²) >= 11 is 3.34. The summed E-state index contributed by atoms with van der Waals surface area (Å²) in [5, 5.41) is 10.8. The first-order valence-corrected chi connectivity index (χ1v) is 10.7. The maximum absolute atomic E-state index is 13.0. The molecule has 0 aliphatic rings. The molecule has 7 nitrogen and oxygen atoms in total. The van der Waals surface area contributed by atoms with Gasteiger partial charge in [-0.1, -0.05) is 30.3 Å². The molecule has 1 N–H and O–H groups in total. The van der Waals surface area contributed by atoms with E-state index in [0.717, 1.165) is 5.56 Å². The average molecular weight is 513 g/mol. The predicted octanol–water partition coefficient (Wildman–Crippen LogP) is 5.53. The van der Waals surface area contributed by atoms with Crippen LogP contribution in [0.25, 0.3) is 22.3 Å². The summed E-state index contributed by atoms with van der Waals surface area (Å²) in [6.45, 7) is 0.359. The van der Waals surface area contributed by atoms with Crippen molar-refractivity contribution in [3.8, 4) is 40.1 Å². The van der Waals surface area contributed by atoms with Gasteiger partial charge in [0.15, 0.2) is 28.6 Å². The third kappa shape index (κ3) is 4.21. The van der Waals surface area contributed by atoms with E-state index in [1.807, 2.05) is 30.3 Å². The van der Waals surface area contributed by atoms with Crippen molar-refractivity contribution in [3.63, 3.8) is 0 Å². The van der Waals surface area contributed by atoms with E-state index in [9.17, 15) is 9.90 Å². The Kier molecular flexibility index (Phi) is 6.46. The van der Waals surface area contributed by atoms with Crippen LogP contribution in [-0.4, -0.2) is 26.4 Å². The summed E-state index contributed by atoms with van der Waals surface area (Å²) in [6, 6.07) is 16.3. The van der Waals surface area contributed by atoms with Gasteiger partial charge in [-0.25, -0.2) is 0 Å². The highest BCUT2D eigenvalue weighted by molar-refractivity contribution is 9.10. The van der Waals surface area contributed by atoms with E-state index in [1.54, 1.807) is 24.3 Å². The SMILES string of the molecule is COc1cc(-c2oc3c(OC)c(OC)cc(Br)c3c(=O)c2O)ccc1OCc1ccccc1. The molecule has 4 rings (SSSR count). The van der Waals surface area contributed by atoms with Gasteiger partial charge in [0.1, 0.15) is 6.61 Å². The molecule has 1 aromatic heterocycles. The second kappa shape index (κ2) is 9.46. The minimum atomic E-state index is -0.609. The number of fused-ring (bicyclic) bond motifs is 1. The molecule has 0 saturated carbocycles. The first kappa shape index (κ1) is 22.5. The Hall–Kier alpha value is -3.65. The van der Waals surface area contributed by atoms with E-state index in [2.05, 4.69) is 15.9 Å². The van der Waals surface area contributed by atoms with E-state index in [4.69, 9.17) is 23.4 Å². The first-order valence-electron chi connectivity index (χ1n) is 9.93. The van der Waals surface area contributed by atoms with Crippen LogP contribution >= 0.6 is 15.9 Å². The third-order valence-electron chi connectivity index (χ3n) is 5.10. The molecule has 0 saturated heterocycles. The Bertz CT molecular complexity index is 1360. The van der Waals surface area contributed by atoms with Gasteiger partial charge in [0.25, 0.3) is 0 Å². The zero-order valence-electron chi connectivity index (χ0n) is 18.2. The van der Waals surface area contributed by atoms with E-state index in [-0.39, 0.29) is 22.5 Å².